The number of hydrogen-bond donors (Lipinski definition) is 1. The van der Waals surface area contributed by atoms with Crippen molar-refractivity contribution in [2.45, 2.75) is 38.4 Å². The van der Waals surface area contributed by atoms with E-state index in [4.69, 9.17) is 4.74 Å². The number of aromatic nitrogens is 6. The van der Waals surface area contributed by atoms with Crippen LogP contribution in [0.5, 0.6) is 0 Å². The number of rotatable bonds is 2. The Bertz CT molecular complexity index is 1100. The second kappa shape index (κ2) is 5.59. The SMILES string of the molecule is Cc1nc2c(C)nc(N3CC(c4cnn(C)c4)OC4(CC4)C3)nc2c(=O)[nH]1. The van der Waals surface area contributed by atoms with E-state index in [-0.39, 0.29) is 17.3 Å². The zero-order chi connectivity index (χ0) is 18.8. The van der Waals surface area contributed by atoms with Crippen LogP contribution in [0.3, 0.4) is 0 Å². The summed E-state index contributed by atoms with van der Waals surface area (Å²) in [6.07, 6.45) is 5.77. The summed E-state index contributed by atoms with van der Waals surface area (Å²) in [7, 11) is 1.90. The lowest BCUT2D eigenvalue weighted by atomic mass is 10.1. The molecular weight excluding hydrogens is 346 g/mol. The van der Waals surface area contributed by atoms with E-state index < -0.39 is 0 Å². The van der Waals surface area contributed by atoms with Crippen LogP contribution >= 0.6 is 0 Å². The number of H-pyrrole nitrogens is 1. The Morgan fingerprint density at radius 2 is 2.04 bits per heavy atom. The maximum absolute atomic E-state index is 12.4. The molecule has 9 nitrogen and oxygen atoms in total. The lowest BCUT2D eigenvalue weighted by molar-refractivity contribution is -0.0458. The summed E-state index contributed by atoms with van der Waals surface area (Å²) in [6, 6.07) is 0. The number of ether oxygens (including phenoxy) is 1. The largest absolute Gasteiger partial charge is 0.363 e. The maximum atomic E-state index is 12.4. The molecule has 2 aliphatic rings. The van der Waals surface area contributed by atoms with Gasteiger partial charge < -0.3 is 14.6 Å². The number of aromatic amines is 1. The van der Waals surface area contributed by atoms with Gasteiger partial charge in [0.2, 0.25) is 5.95 Å². The van der Waals surface area contributed by atoms with Gasteiger partial charge in [0.1, 0.15) is 17.4 Å². The van der Waals surface area contributed by atoms with Crippen LogP contribution in [-0.2, 0) is 11.8 Å². The first kappa shape index (κ1) is 16.4. The van der Waals surface area contributed by atoms with Crippen molar-refractivity contribution in [1.82, 2.24) is 29.7 Å². The zero-order valence-electron chi connectivity index (χ0n) is 15.6. The minimum absolute atomic E-state index is 0.0935. The van der Waals surface area contributed by atoms with Crippen LogP contribution in [0, 0.1) is 13.8 Å². The first-order valence-electron chi connectivity index (χ1n) is 9.09. The Kier molecular flexibility index (Phi) is 3.39. The predicted molar refractivity (Wildman–Crippen MR) is 98.6 cm³/mol. The van der Waals surface area contributed by atoms with Gasteiger partial charge in [-0.1, -0.05) is 0 Å². The fourth-order valence-corrected chi connectivity index (χ4v) is 3.74. The van der Waals surface area contributed by atoms with Crippen LogP contribution in [0.2, 0.25) is 0 Å². The summed E-state index contributed by atoms with van der Waals surface area (Å²) in [5, 5.41) is 4.27. The molecule has 2 fully saturated rings. The van der Waals surface area contributed by atoms with E-state index in [2.05, 4.69) is 29.9 Å². The fourth-order valence-electron chi connectivity index (χ4n) is 3.74. The Morgan fingerprint density at radius 3 is 2.74 bits per heavy atom. The minimum Gasteiger partial charge on any atom is -0.363 e. The number of anilines is 1. The molecule has 9 heteroatoms. The molecule has 0 amide bonds. The monoisotopic (exact) mass is 367 g/mol. The van der Waals surface area contributed by atoms with Gasteiger partial charge in [-0.2, -0.15) is 5.10 Å². The summed E-state index contributed by atoms with van der Waals surface area (Å²) in [4.78, 5) is 30.8. The van der Waals surface area contributed by atoms with Gasteiger partial charge >= 0.3 is 0 Å². The topological polar surface area (TPSA) is 102 Å². The van der Waals surface area contributed by atoms with Crippen molar-refractivity contribution in [3.63, 3.8) is 0 Å². The number of hydrogen-bond acceptors (Lipinski definition) is 7. The van der Waals surface area contributed by atoms with Crippen molar-refractivity contribution < 1.29 is 4.74 Å². The van der Waals surface area contributed by atoms with Gasteiger partial charge in [0.25, 0.3) is 5.56 Å². The Morgan fingerprint density at radius 1 is 1.22 bits per heavy atom. The number of nitrogens with zero attached hydrogens (tertiary/aromatic N) is 6. The summed E-state index contributed by atoms with van der Waals surface area (Å²) in [6.45, 7) is 4.97. The van der Waals surface area contributed by atoms with Crippen LogP contribution in [0.4, 0.5) is 5.95 Å². The Balaban J connectivity index is 1.56. The highest BCUT2D eigenvalue weighted by molar-refractivity contribution is 5.76. The van der Waals surface area contributed by atoms with Crippen LogP contribution < -0.4 is 10.5 Å². The maximum Gasteiger partial charge on any atom is 0.277 e. The van der Waals surface area contributed by atoms with Crippen molar-refractivity contribution in [3.05, 3.63) is 39.8 Å². The lowest BCUT2D eigenvalue weighted by Gasteiger charge is -2.38. The standard InChI is InChI=1S/C18H21N7O2/c1-10-14-15(16(26)22-11(2)21-14)23-17(20-10)25-8-13(12-6-19-24(3)7-12)27-18(9-25)4-5-18/h6-7,13H,4-5,8-9H2,1-3H3,(H,21,22,26). The molecule has 3 aromatic heterocycles. The molecule has 140 valence electrons. The average Bonchev–Trinajstić information content (AvgIpc) is 3.20. The van der Waals surface area contributed by atoms with Gasteiger partial charge in [-0.15, -0.1) is 0 Å². The molecule has 1 atom stereocenters. The second-order valence-corrected chi connectivity index (χ2v) is 7.57. The quantitative estimate of drug-likeness (QED) is 0.725. The van der Waals surface area contributed by atoms with Crippen LogP contribution in [0.15, 0.2) is 17.2 Å². The summed E-state index contributed by atoms with van der Waals surface area (Å²) in [5.74, 6) is 1.12. The Labute approximate surface area is 155 Å². The van der Waals surface area contributed by atoms with Gasteiger partial charge in [0, 0.05) is 18.8 Å². The number of nitrogens with one attached hydrogen (secondary N) is 1. The third-order valence-corrected chi connectivity index (χ3v) is 5.28. The Hall–Kier alpha value is -2.81. The smallest absolute Gasteiger partial charge is 0.277 e. The summed E-state index contributed by atoms with van der Waals surface area (Å²) >= 11 is 0. The van der Waals surface area contributed by atoms with E-state index in [0.717, 1.165) is 24.9 Å². The highest BCUT2D eigenvalue weighted by Gasteiger charge is 2.51. The van der Waals surface area contributed by atoms with Crippen molar-refractivity contribution in [2.75, 3.05) is 18.0 Å². The molecule has 1 aliphatic heterocycles. The van der Waals surface area contributed by atoms with E-state index >= 15 is 0 Å². The molecule has 1 spiro atoms. The number of aryl methyl sites for hydroxylation is 3. The molecule has 4 heterocycles. The predicted octanol–water partition coefficient (Wildman–Crippen LogP) is 1.17. The molecule has 0 aromatic carbocycles. The van der Waals surface area contributed by atoms with E-state index in [1.807, 2.05) is 26.4 Å². The van der Waals surface area contributed by atoms with Gasteiger partial charge in [0.15, 0.2) is 5.52 Å². The van der Waals surface area contributed by atoms with Crippen LogP contribution in [0.25, 0.3) is 11.0 Å². The lowest BCUT2D eigenvalue weighted by Crippen LogP contribution is -2.46. The molecule has 0 bridgehead atoms. The molecule has 3 aromatic rings. The van der Waals surface area contributed by atoms with Gasteiger partial charge in [-0.3, -0.25) is 9.48 Å². The molecule has 1 unspecified atom stereocenters. The average molecular weight is 367 g/mol. The summed E-state index contributed by atoms with van der Waals surface area (Å²) in [5.41, 5.74) is 2.25. The van der Waals surface area contributed by atoms with Gasteiger partial charge in [-0.05, 0) is 26.7 Å². The van der Waals surface area contributed by atoms with E-state index in [0.29, 0.717) is 35.0 Å². The van der Waals surface area contributed by atoms with Crippen molar-refractivity contribution in [3.8, 4) is 0 Å². The first-order chi connectivity index (χ1) is 12.9. The number of fused-ring (bicyclic) bond motifs is 1. The molecular formula is C18H21N7O2. The molecule has 1 N–H and O–H groups in total. The van der Waals surface area contributed by atoms with E-state index in [1.165, 1.54) is 0 Å². The molecule has 1 saturated heterocycles. The molecule has 27 heavy (non-hydrogen) atoms. The van der Waals surface area contributed by atoms with Crippen molar-refractivity contribution >= 4 is 17.0 Å². The molecule has 1 saturated carbocycles. The van der Waals surface area contributed by atoms with Crippen molar-refractivity contribution in [2.24, 2.45) is 7.05 Å². The molecule has 5 rings (SSSR count). The minimum atomic E-state index is -0.234. The van der Waals surface area contributed by atoms with Crippen LogP contribution in [0.1, 0.15) is 36.0 Å². The third kappa shape index (κ3) is 2.78. The van der Waals surface area contributed by atoms with Gasteiger partial charge in [-0.25, -0.2) is 15.0 Å². The van der Waals surface area contributed by atoms with E-state index in [9.17, 15) is 4.79 Å². The van der Waals surface area contributed by atoms with Crippen molar-refractivity contribution in [1.29, 1.82) is 0 Å². The zero-order valence-corrected chi connectivity index (χ0v) is 15.6. The fraction of sp³-hybridized carbons (Fsp3) is 0.500. The highest BCUT2D eigenvalue weighted by Crippen LogP contribution is 2.47. The van der Waals surface area contributed by atoms with E-state index in [1.54, 1.807) is 11.6 Å². The normalized spacial score (nSPS) is 21.1. The molecule has 0 radical (unpaired) electrons. The van der Waals surface area contributed by atoms with Gasteiger partial charge in [0.05, 0.1) is 30.6 Å². The first-order valence-corrected chi connectivity index (χ1v) is 9.09. The number of morpholine rings is 1. The van der Waals surface area contributed by atoms with Crippen LogP contribution in [-0.4, -0.2) is 48.4 Å². The third-order valence-electron chi connectivity index (χ3n) is 5.28. The second-order valence-electron chi connectivity index (χ2n) is 7.57. The molecule has 1 aliphatic carbocycles. The highest BCUT2D eigenvalue weighted by atomic mass is 16.5. The summed E-state index contributed by atoms with van der Waals surface area (Å²) < 4.78 is 8.14.